The molecule has 5 heteroatoms. The number of aliphatic hydroxyl groups is 1. The van der Waals surface area contributed by atoms with E-state index >= 15 is 0 Å². The molecule has 1 aromatic rings. The first-order valence-corrected chi connectivity index (χ1v) is 6.90. The fraction of sp³-hybridized carbons (Fsp3) is 0.500. The summed E-state index contributed by atoms with van der Waals surface area (Å²) in [6.45, 7) is 0.442. The molecule has 1 saturated heterocycles. The van der Waals surface area contributed by atoms with Crippen LogP contribution in [-0.2, 0) is 10.3 Å². The van der Waals surface area contributed by atoms with E-state index in [1.807, 2.05) is 0 Å². The van der Waals surface area contributed by atoms with Crippen molar-refractivity contribution in [3.05, 3.63) is 35.4 Å². The summed E-state index contributed by atoms with van der Waals surface area (Å²) < 4.78 is 32.9. The van der Waals surface area contributed by atoms with Gasteiger partial charge in [0, 0.05) is 28.6 Å². The van der Waals surface area contributed by atoms with Gasteiger partial charge < -0.3 is 9.84 Å². The Morgan fingerprint density at radius 1 is 1.47 bits per heavy atom. The summed E-state index contributed by atoms with van der Waals surface area (Å²) in [7, 11) is 0. The fourth-order valence-electron chi connectivity index (χ4n) is 2.19. The van der Waals surface area contributed by atoms with E-state index in [1.54, 1.807) is 0 Å². The molecule has 2 atom stereocenters. The summed E-state index contributed by atoms with van der Waals surface area (Å²) >= 11 is 2.13. The van der Waals surface area contributed by atoms with Crippen molar-refractivity contribution in [2.75, 3.05) is 17.6 Å². The van der Waals surface area contributed by atoms with E-state index in [0.717, 1.165) is 6.07 Å². The smallest absolute Gasteiger partial charge is 0.132 e. The third-order valence-electron chi connectivity index (χ3n) is 3.11. The number of hydrogen-bond donors (Lipinski definition) is 1. The van der Waals surface area contributed by atoms with Gasteiger partial charge in [0.05, 0.1) is 6.61 Å². The van der Waals surface area contributed by atoms with Crippen molar-refractivity contribution >= 4 is 22.6 Å². The maximum Gasteiger partial charge on any atom is 0.132 e. The van der Waals surface area contributed by atoms with Crippen molar-refractivity contribution in [2.24, 2.45) is 5.92 Å². The summed E-state index contributed by atoms with van der Waals surface area (Å²) in [4.78, 5) is 0. The van der Waals surface area contributed by atoms with Gasteiger partial charge in [0.15, 0.2) is 0 Å². The van der Waals surface area contributed by atoms with Crippen molar-refractivity contribution in [1.29, 1.82) is 0 Å². The van der Waals surface area contributed by atoms with E-state index in [-0.39, 0.29) is 12.5 Å². The SMILES string of the molecule is OCC1COC(CI)(c2ccc(F)cc2F)C1. The summed E-state index contributed by atoms with van der Waals surface area (Å²) in [6.07, 6.45) is 0.564. The summed E-state index contributed by atoms with van der Waals surface area (Å²) in [5, 5.41) is 9.12. The summed E-state index contributed by atoms with van der Waals surface area (Å²) in [5.74, 6) is -1.15. The minimum Gasteiger partial charge on any atom is -0.396 e. The highest BCUT2D eigenvalue weighted by molar-refractivity contribution is 14.1. The van der Waals surface area contributed by atoms with Gasteiger partial charge in [-0.25, -0.2) is 8.78 Å². The summed E-state index contributed by atoms with van der Waals surface area (Å²) in [5.41, 5.74) is -0.351. The molecule has 17 heavy (non-hydrogen) atoms. The first-order valence-electron chi connectivity index (χ1n) is 5.37. The quantitative estimate of drug-likeness (QED) is 0.668. The number of aliphatic hydroxyl groups excluding tert-OH is 1. The van der Waals surface area contributed by atoms with Crippen LogP contribution in [0.15, 0.2) is 18.2 Å². The van der Waals surface area contributed by atoms with Gasteiger partial charge in [0.25, 0.3) is 0 Å². The second-order valence-corrected chi connectivity index (χ2v) is 5.08. The zero-order chi connectivity index (χ0) is 12.5. The molecule has 0 radical (unpaired) electrons. The van der Waals surface area contributed by atoms with Gasteiger partial charge in [-0.2, -0.15) is 0 Å². The van der Waals surface area contributed by atoms with Crippen LogP contribution in [0.4, 0.5) is 8.78 Å². The Bertz CT molecular complexity index is 413. The Hall–Kier alpha value is -0.270. The Kier molecular flexibility index (Phi) is 3.99. The molecule has 2 rings (SSSR count). The molecule has 1 aromatic carbocycles. The fourth-order valence-corrected chi connectivity index (χ4v) is 3.13. The molecule has 0 aromatic heterocycles. The molecule has 0 aliphatic carbocycles. The Balaban J connectivity index is 2.35. The molecule has 2 unspecified atom stereocenters. The zero-order valence-corrected chi connectivity index (χ0v) is 11.3. The molecule has 0 saturated carbocycles. The minimum absolute atomic E-state index is 0.0224. The standard InChI is InChI=1S/C12H13F2IO2/c13-9-1-2-10(11(14)3-9)12(7-15)4-8(5-16)6-17-12/h1-3,8,16H,4-7H2. The van der Waals surface area contributed by atoms with Crippen LogP contribution in [0.5, 0.6) is 0 Å². The number of ether oxygens (including phenoxy) is 1. The van der Waals surface area contributed by atoms with Crippen LogP contribution >= 0.6 is 22.6 Å². The largest absolute Gasteiger partial charge is 0.396 e. The predicted octanol–water partition coefficient (Wildman–Crippen LogP) is 2.62. The lowest BCUT2D eigenvalue weighted by atomic mass is 9.89. The average molecular weight is 354 g/mol. The first kappa shape index (κ1) is 13.2. The van der Waals surface area contributed by atoms with Gasteiger partial charge in [-0.3, -0.25) is 0 Å². The topological polar surface area (TPSA) is 29.5 Å². The monoisotopic (exact) mass is 354 g/mol. The van der Waals surface area contributed by atoms with E-state index in [9.17, 15) is 8.78 Å². The third-order valence-corrected chi connectivity index (χ3v) is 4.34. The van der Waals surface area contributed by atoms with Crippen LogP contribution in [0.1, 0.15) is 12.0 Å². The van der Waals surface area contributed by atoms with Crippen molar-refractivity contribution in [3.63, 3.8) is 0 Å². The van der Waals surface area contributed by atoms with E-state index < -0.39 is 17.2 Å². The molecule has 1 aliphatic heterocycles. The second kappa shape index (κ2) is 5.16. The number of halogens is 3. The summed E-state index contributed by atoms with van der Waals surface area (Å²) in [6, 6.07) is 3.55. The minimum atomic E-state index is -0.730. The maximum atomic E-state index is 13.8. The number of benzene rings is 1. The molecular formula is C12H13F2IO2. The molecule has 1 aliphatic rings. The van der Waals surface area contributed by atoms with E-state index in [4.69, 9.17) is 9.84 Å². The van der Waals surface area contributed by atoms with Gasteiger partial charge in [0.1, 0.15) is 17.2 Å². The van der Waals surface area contributed by atoms with Crippen molar-refractivity contribution in [1.82, 2.24) is 0 Å². The Labute approximate surface area is 112 Å². The van der Waals surface area contributed by atoms with Crippen LogP contribution < -0.4 is 0 Å². The number of rotatable bonds is 3. The molecule has 0 bridgehead atoms. The average Bonchev–Trinajstić information content (AvgIpc) is 2.74. The number of alkyl halides is 1. The van der Waals surface area contributed by atoms with Crippen LogP contribution in [0.25, 0.3) is 0 Å². The van der Waals surface area contributed by atoms with E-state index in [0.29, 0.717) is 23.0 Å². The lowest BCUT2D eigenvalue weighted by Crippen LogP contribution is -2.28. The van der Waals surface area contributed by atoms with Gasteiger partial charge in [-0.05, 0) is 12.5 Å². The van der Waals surface area contributed by atoms with Crippen LogP contribution in [0, 0.1) is 17.6 Å². The van der Waals surface area contributed by atoms with Gasteiger partial charge in [0.2, 0.25) is 0 Å². The second-order valence-electron chi connectivity index (χ2n) is 4.32. The molecule has 94 valence electrons. The van der Waals surface area contributed by atoms with Gasteiger partial charge in [-0.1, -0.05) is 28.7 Å². The normalized spacial score (nSPS) is 28.6. The van der Waals surface area contributed by atoms with Crippen LogP contribution in [-0.4, -0.2) is 22.7 Å². The lowest BCUT2D eigenvalue weighted by molar-refractivity contribution is 0.0186. The Morgan fingerprint density at radius 3 is 2.76 bits per heavy atom. The molecule has 1 fully saturated rings. The van der Waals surface area contributed by atoms with Crippen molar-refractivity contribution in [3.8, 4) is 0 Å². The van der Waals surface area contributed by atoms with E-state index in [1.165, 1.54) is 12.1 Å². The van der Waals surface area contributed by atoms with Crippen LogP contribution in [0.2, 0.25) is 0 Å². The molecular weight excluding hydrogens is 341 g/mol. The Morgan fingerprint density at radius 2 is 2.24 bits per heavy atom. The number of hydrogen-bond acceptors (Lipinski definition) is 2. The third kappa shape index (κ3) is 2.46. The van der Waals surface area contributed by atoms with Gasteiger partial charge in [-0.15, -0.1) is 0 Å². The lowest BCUT2D eigenvalue weighted by Gasteiger charge is -2.27. The first-order chi connectivity index (χ1) is 8.11. The highest BCUT2D eigenvalue weighted by Crippen LogP contribution is 2.41. The molecule has 0 spiro atoms. The van der Waals surface area contributed by atoms with Crippen LogP contribution in [0.3, 0.4) is 0 Å². The highest BCUT2D eigenvalue weighted by atomic mass is 127. The van der Waals surface area contributed by atoms with Crippen molar-refractivity contribution < 1.29 is 18.6 Å². The van der Waals surface area contributed by atoms with Crippen molar-refractivity contribution in [2.45, 2.75) is 12.0 Å². The maximum absolute atomic E-state index is 13.8. The van der Waals surface area contributed by atoms with E-state index in [2.05, 4.69) is 22.6 Å². The molecule has 1 N–H and O–H groups in total. The highest BCUT2D eigenvalue weighted by Gasteiger charge is 2.42. The molecule has 0 amide bonds. The van der Waals surface area contributed by atoms with Gasteiger partial charge >= 0.3 is 0 Å². The molecule has 2 nitrogen and oxygen atoms in total. The zero-order valence-electron chi connectivity index (χ0n) is 9.13. The predicted molar refractivity (Wildman–Crippen MR) is 68.1 cm³/mol. The molecule has 1 heterocycles.